The van der Waals surface area contributed by atoms with Gasteiger partial charge in [0.2, 0.25) is 0 Å². The van der Waals surface area contributed by atoms with Crippen LogP contribution in [0.5, 0.6) is 5.75 Å². The van der Waals surface area contributed by atoms with Crippen molar-refractivity contribution in [1.29, 1.82) is 0 Å². The van der Waals surface area contributed by atoms with Gasteiger partial charge in [0, 0.05) is 7.11 Å². The van der Waals surface area contributed by atoms with Gasteiger partial charge < -0.3 is 18.9 Å². The molecule has 0 fully saturated rings. The van der Waals surface area contributed by atoms with Crippen LogP contribution in [0, 0.1) is 0 Å². The lowest BCUT2D eigenvalue weighted by Gasteiger charge is -2.08. The molecule has 0 radical (unpaired) electrons. The van der Waals surface area contributed by atoms with Crippen molar-refractivity contribution in [2.24, 2.45) is 0 Å². The molecule has 0 aliphatic carbocycles. The Morgan fingerprint density at radius 1 is 1.06 bits per heavy atom. The fraction of sp³-hybridized carbons (Fsp3) is 0.462. The van der Waals surface area contributed by atoms with Crippen LogP contribution < -0.4 is 4.74 Å². The molecule has 0 unspecified atom stereocenters. The number of carbonyl (C=O) groups is 1. The highest BCUT2D eigenvalue weighted by atomic mass is 16.6. The Labute approximate surface area is 107 Å². The molecule has 1 rings (SSSR count). The van der Waals surface area contributed by atoms with Crippen molar-refractivity contribution < 1.29 is 23.7 Å². The SMILES string of the molecule is COCCOCCOC(=O)c1ccccc1OC. The minimum absolute atomic E-state index is 0.209. The van der Waals surface area contributed by atoms with Gasteiger partial charge in [-0.05, 0) is 12.1 Å². The number of hydrogen-bond donors (Lipinski definition) is 0. The number of esters is 1. The number of ether oxygens (including phenoxy) is 4. The van der Waals surface area contributed by atoms with Gasteiger partial charge in [-0.15, -0.1) is 0 Å². The summed E-state index contributed by atoms with van der Waals surface area (Å²) in [5.41, 5.74) is 0.414. The standard InChI is InChI=1S/C13H18O5/c1-15-7-8-17-9-10-18-13(14)11-5-3-4-6-12(11)16-2/h3-6H,7-10H2,1-2H3. The molecular formula is C13H18O5. The molecule has 100 valence electrons. The molecule has 0 N–H and O–H groups in total. The van der Waals surface area contributed by atoms with Gasteiger partial charge >= 0.3 is 5.97 Å². The van der Waals surface area contributed by atoms with Crippen molar-refractivity contribution in [3.8, 4) is 5.75 Å². The molecule has 5 nitrogen and oxygen atoms in total. The van der Waals surface area contributed by atoms with E-state index in [9.17, 15) is 4.79 Å². The van der Waals surface area contributed by atoms with Crippen molar-refractivity contribution in [2.75, 3.05) is 40.6 Å². The lowest BCUT2D eigenvalue weighted by Crippen LogP contribution is -2.13. The quantitative estimate of drug-likeness (QED) is 0.520. The zero-order valence-corrected chi connectivity index (χ0v) is 10.7. The van der Waals surface area contributed by atoms with E-state index >= 15 is 0 Å². The second-order valence-corrected chi connectivity index (χ2v) is 3.44. The first-order valence-electron chi connectivity index (χ1n) is 5.66. The predicted octanol–water partition coefficient (Wildman–Crippen LogP) is 1.51. The zero-order chi connectivity index (χ0) is 13.2. The van der Waals surface area contributed by atoms with Crippen LogP contribution in [0.4, 0.5) is 0 Å². The average molecular weight is 254 g/mol. The van der Waals surface area contributed by atoms with E-state index in [1.165, 1.54) is 7.11 Å². The molecule has 0 aliphatic heterocycles. The Morgan fingerprint density at radius 3 is 2.50 bits per heavy atom. The van der Waals surface area contributed by atoms with Gasteiger partial charge in [-0.1, -0.05) is 12.1 Å². The number of methoxy groups -OCH3 is 2. The van der Waals surface area contributed by atoms with E-state index in [-0.39, 0.29) is 6.61 Å². The van der Waals surface area contributed by atoms with Crippen LogP contribution in [-0.4, -0.2) is 46.6 Å². The third kappa shape index (κ3) is 4.73. The molecule has 0 spiro atoms. The third-order valence-electron chi connectivity index (χ3n) is 2.22. The van der Waals surface area contributed by atoms with Gasteiger partial charge in [-0.25, -0.2) is 4.79 Å². The molecular weight excluding hydrogens is 236 g/mol. The van der Waals surface area contributed by atoms with Crippen LogP contribution >= 0.6 is 0 Å². The van der Waals surface area contributed by atoms with Gasteiger partial charge in [-0.2, -0.15) is 0 Å². The normalized spacial score (nSPS) is 10.1. The second-order valence-electron chi connectivity index (χ2n) is 3.44. The first-order valence-corrected chi connectivity index (χ1v) is 5.66. The highest BCUT2D eigenvalue weighted by molar-refractivity contribution is 5.92. The minimum Gasteiger partial charge on any atom is -0.496 e. The molecule has 0 saturated carbocycles. The first kappa shape index (κ1) is 14.5. The lowest BCUT2D eigenvalue weighted by atomic mass is 10.2. The van der Waals surface area contributed by atoms with E-state index in [1.807, 2.05) is 0 Å². The summed E-state index contributed by atoms with van der Waals surface area (Å²) in [6.45, 7) is 1.58. The van der Waals surface area contributed by atoms with Crippen LogP contribution in [0.15, 0.2) is 24.3 Å². The average Bonchev–Trinajstić information content (AvgIpc) is 2.42. The molecule has 0 bridgehead atoms. The van der Waals surface area contributed by atoms with Gasteiger partial charge in [0.15, 0.2) is 0 Å². The number of hydrogen-bond acceptors (Lipinski definition) is 5. The van der Waals surface area contributed by atoms with Crippen molar-refractivity contribution in [1.82, 2.24) is 0 Å². The number of para-hydroxylation sites is 1. The summed E-state index contributed by atoms with van der Waals surface area (Å²) in [6.07, 6.45) is 0. The molecule has 18 heavy (non-hydrogen) atoms. The monoisotopic (exact) mass is 254 g/mol. The van der Waals surface area contributed by atoms with E-state index in [2.05, 4.69) is 0 Å². The zero-order valence-electron chi connectivity index (χ0n) is 10.7. The number of carbonyl (C=O) groups excluding carboxylic acids is 1. The summed E-state index contributed by atoms with van der Waals surface area (Å²) in [5, 5.41) is 0. The molecule has 0 saturated heterocycles. The van der Waals surface area contributed by atoms with Crippen LogP contribution in [0.25, 0.3) is 0 Å². The summed E-state index contributed by atoms with van der Waals surface area (Å²) in [5.74, 6) is 0.0885. The molecule has 0 heterocycles. The summed E-state index contributed by atoms with van der Waals surface area (Å²) in [4.78, 5) is 11.7. The molecule has 0 atom stereocenters. The Balaban J connectivity index is 2.32. The van der Waals surface area contributed by atoms with Gasteiger partial charge in [0.1, 0.15) is 17.9 Å². The summed E-state index contributed by atoms with van der Waals surface area (Å²) < 4.78 is 20.1. The summed E-state index contributed by atoms with van der Waals surface area (Å²) in [7, 11) is 3.12. The molecule has 0 aliphatic rings. The van der Waals surface area contributed by atoms with Crippen LogP contribution in [0.3, 0.4) is 0 Å². The van der Waals surface area contributed by atoms with E-state index in [0.717, 1.165) is 0 Å². The summed E-state index contributed by atoms with van der Waals surface area (Å²) >= 11 is 0. The molecule has 5 heteroatoms. The second kappa shape index (κ2) is 8.49. The van der Waals surface area contributed by atoms with Gasteiger partial charge in [0.25, 0.3) is 0 Å². The van der Waals surface area contributed by atoms with Gasteiger partial charge in [0.05, 0.1) is 26.9 Å². The fourth-order valence-electron chi connectivity index (χ4n) is 1.33. The molecule has 0 aromatic heterocycles. The highest BCUT2D eigenvalue weighted by Gasteiger charge is 2.12. The van der Waals surface area contributed by atoms with Crippen LogP contribution in [0.2, 0.25) is 0 Å². The topological polar surface area (TPSA) is 54.0 Å². The third-order valence-corrected chi connectivity index (χ3v) is 2.22. The number of rotatable bonds is 8. The smallest absolute Gasteiger partial charge is 0.342 e. The van der Waals surface area contributed by atoms with Crippen LogP contribution in [-0.2, 0) is 14.2 Å². The van der Waals surface area contributed by atoms with Crippen molar-refractivity contribution in [3.63, 3.8) is 0 Å². The Kier molecular flexibility index (Phi) is 6.83. The Morgan fingerprint density at radius 2 is 1.78 bits per heavy atom. The van der Waals surface area contributed by atoms with Crippen molar-refractivity contribution in [3.05, 3.63) is 29.8 Å². The number of benzene rings is 1. The lowest BCUT2D eigenvalue weighted by molar-refractivity contribution is 0.0211. The maximum atomic E-state index is 11.7. The van der Waals surface area contributed by atoms with Crippen LogP contribution in [0.1, 0.15) is 10.4 Å². The molecule has 1 aromatic rings. The van der Waals surface area contributed by atoms with E-state index in [4.69, 9.17) is 18.9 Å². The fourth-order valence-corrected chi connectivity index (χ4v) is 1.33. The maximum Gasteiger partial charge on any atom is 0.342 e. The Hall–Kier alpha value is -1.59. The first-order chi connectivity index (χ1) is 8.79. The summed E-state index contributed by atoms with van der Waals surface area (Å²) in [6, 6.07) is 6.93. The van der Waals surface area contributed by atoms with Crippen molar-refractivity contribution >= 4 is 5.97 Å². The van der Waals surface area contributed by atoms with E-state index < -0.39 is 5.97 Å². The molecule has 0 amide bonds. The van der Waals surface area contributed by atoms with E-state index in [1.54, 1.807) is 31.4 Å². The van der Waals surface area contributed by atoms with Gasteiger partial charge in [-0.3, -0.25) is 0 Å². The van der Waals surface area contributed by atoms with E-state index in [0.29, 0.717) is 31.1 Å². The van der Waals surface area contributed by atoms with Crippen molar-refractivity contribution in [2.45, 2.75) is 0 Å². The minimum atomic E-state index is -0.414. The largest absolute Gasteiger partial charge is 0.496 e. The predicted molar refractivity (Wildman–Crippen MR) is 66.0 cm³/mol. The Bertz CT molecular complexity index is 364. The maximum absolute atomic E-state index is 11.7. The molecule has 1 aromatic carbocycles. The highest BCUT2D eigenvalue weighted by Crippen LogP contribution is 2.17.